The molecule has 0 saturated carbocycles. The van der Waals surface area contributed by atoms with Crippen molar-refractivity contribution in [3.8, 4) is 23.0 Å². The largest absolute Gasteiger partial charge is 0.493 e. The summed E-state index contributed by atoms with van der Waals surface area (Å²) in [4.78, 5) is 40.1. The fourth-order valence-corrected chi connectivity index (χ4v) is 5.44. The molecule has 1 aliphatic carbocycles. The molecule has 2 amide bonds. The molecule has 3 aliphatic rings. The maximum atomic E-state index is 13.5. The van der Waals surface area contributed by atoms with E-state index in [0.717, 1.165) is 5.56 Å². The molecule has 0 aromatic heterocycles. The second-order valence-corrected chi connectivity index (χ2v) is 9.87. The molecule has 0 bridgehead atoms. The van der Waals surface area contributed by atoms with Gasteiger partial charge in [0.1, 0.15) is 18.5 Å². The normalized spacial score (nSPS) is 21.9. The van der Waals surface area contributed by atoms with Crippen LogP contribution in [0.4, 0.5) is 0 Å². The Balaban J connectivity index is 1.59. The van der Waals surface area contributed by atoms with Gasteiger partial charge in [0.05, 0.1) is 25.7 Å². The molecule has 41 heavy (non-hydrogen) atoms. The van der Waals surface area contributed by atoms with E-state index in [4.69, 9.17) is 18.9 Å². The number of hydrogen-bond acceptors (Lipinski definition) is 9. The van der Waals surface area contributed by atoms with E-state index in [0.29, 0.717) is 41.1 Å². The van der Waals surface area contributed by atoms with Crippen LogP contribution in [0, 0.1) is 0 Å². The van der Waals surface area contributed by atoms with Gasteiger partial charge in [-0.15, -0.1) is 0 Å². The zero-order valence-corrected chi connectivity index (χ0v) is 22.7. The number of fused-ring (bicyclic) bond motifs is 4. The molecule has 216 valence electrons. The van der Waals surface area contributed by atoms with Crippen LogP contribution in [-0.4, -0.2) is 78.5 Å². The number of nitrogens with zero attached hydrogens (tertiary/aromatic N) is 1. The Hall–Kier alpha value is -4.35. The molecule has 0 spiro atoms. The van der Waals surface area contributed by atoms with E-state index in [2.05, 4.69) is 5.32 Å². The number of allylic oxidation sites excluding steroid dienone is 1. The third-order valence-corrected chi connectivity index (χ3v) is 7.34. The van der Waals surface area contributed by atoms with Crippen LogP contribution in [0.5, 0.6) is 23.0 Å². The van der Waals surface area contributed by atoms with Crippen LogP contribution >= 0.6 is 0 Å². The molecular formula is C30H32N2O9. The summed E-state index contributed by atoms with van der Waals surface area (Å²) in [5.74, 6) is 0.145. The summed E-state index contributed by atoms with van der Waals surface area (Å²) in [6.45, 7) is 1.83. The van der Waals surface area contributed by atoms with E-state index in [1.807, 2.05) is 13.0 Å². The van der Waals surface area contributed by atoms with Crippen molar-refractivity contribution in [3.05, 3.63) is 70.8 Å². The fourth-order valence-electron chi connectivity index (χ4n) is 5.44. The number of aliphatic hydroxyl groups is 2. The molecule has 2 heterocycles. The van der Waals surface area contributed by atoms with Crippen LogP contribution in [-0.2, 0) is 16.1 Å². The number of benzene rings is 2. The highest BCUT2D eigenvalue weighted by Gasteiger charge is 2.51. The number of nitrogens with one attached hydrogen (secondary N) is 1. The van der Waals surface area contributed by atoms with Crippen molar-refractivity contribution in [1.82, 2.24) is 10.2 Å². The first-order valence-electron chi connectivity index (χ1n) is 13.4. The van der Waals surface area contributed by atoms with Crippen molar-refractivity contribution < 1.29 is 43.5 Å². The number of carbonyl (C=O) groups excluding carboxylic acids is 3. The summed E-state index contributed by atoms with van der Waals surface area (Å²) >= 11 is 0. The summed E-state index contributed by atoms with van der Waals surface area (Å²) in [6.07, 6.45) is 3.81. The summed E-state index contributed by atoms with van der Waals surface area (Å²) in [7, 11) is 1.44. The maximum Gasteiger partial charge on any atom is 0.247 e. The van der Waals surface area contributed by atoms with E-state index in [1.165, 1.54) is 24.2 Å². The van der Waals surface area contributed by atoms with Gasteiger partial charge in [-0.05, 0) is 48.4 Å². The standard InChI is InChI=1S/C30H32N2O9/c1-3-4-5-25(35)32(14-17-6-7-22-23(11-17)40-16-39-22)21-13-20(30(37)31-8-9-33)26-19-10-18(15-34)12-24(38-2)28(19)41-29(26)27(21)36/h4-7,10-13,15,21,26-27,29,33,36H,3,8-9,14,16H2,1-2H3,(H,31,37)/t21-,26+,27+,29+/m1/s1. The van der Waals surface area contributed by atoms with Crippen LogP contribution in [0.2, 0.25) is 0 Å². The van der Waals surface area contributed by atoms with Crippen LogP contribution in [0.15, 0.2) is 54.1 Å². The second-order valence-electron chi connectivity index (χ2n) is 9.87. The number of aliphatic hydroxyl groups excluding tert-OH is 2. The van der Waals surface area contributed by atoms with Gasteiger partial charge in [0.15, 0.2) is 23.0 Å². The van der Waals surface area contributed by atoms with Crippen LogP contribution in [0.3, 0.4) is 0 Å². The summed E-state index contributed by atoms with van der Waals surface area (Å²) in [5, 5.41) is 23.7. The summed E-state index contributed by atoms with van der Waals surface area (Å²) in [6, 6.07) is 7.50. The minimum atomic E-state index is -1.25. The van der Waals surface area contributed by atoms with Crippen molar-refractivity contribution in [3.63, 3.8) is 0 Å². The molecular weight excluding hydrogens is 532 g/mol. The van der Waals surface area contributed by atoms with Crippen molar-refractivity contribution >= 4 is 18.1 Å². The monoisotopic (exact) mass is 564 g/mol. The van der Waals surface area contributed by atoms with Crippen molar-refractivity contribution in [2.45, 2.75) is 44.1 Å². The molecule has 2 aromatic rings. The number of methoxy groups -OCH3 is 1. The first-order chi connectivity index (χ1) is 19.9. The van der Waals surface area contributed by atoms with Crippen molar-refractivity contribution in [2.75, 3.05) is 27.1 Å². The van der Waals surface area contributed by atoms with Gasteiger partial charge in [0.2, 0.25) is 18.6 Å². The Morgan fingerprint density at radius 2 is 2.00 bits per heavy atom. The Kier molecular flexibility index (Phi) is 8.27. The average Bonchev–Trinajstić information content (AvgIpc) is 3.62. The minimum absolute atomic E-state index is 0.00523. The molecule has 0 fully saturated rings. The van der Waals surface area contributed by atoms with Gasteiger partial charge in [-0.1, -0.05) is 19.1 Å². The van der Waals surface area contributed by atoms with E-state index in [9.17, 15) is 24.6 Å². The van der Waals surface area contributed by atoms with E-state index in [1.54, 1.807) is 30.4 Å². The lowest BCUT2D eigenvalue weighted by Crippen LogP contribution is -2.55. The highest BCUT2D eigenvalue weighted by Crippen LogP contribution is 2.51. The molecule has 2 aliphatic heterocycles. The first-order valence-corrected chi connectivity index (χ1v) is 13.4. The highest BCUT2D eigenvalue weighted by atomic mass is 16.7. The molecule has 11 nitrogen and oxygen atoms in total. The smallest absolute Gasteiger partial charge is 0.247 e. The SMILES string of the molecule is CCC=CC(=O)N(Cc1ccc2c(c1)OCO2)[C@@H]1C=C(C(=O)NCCO)[C@@H]2c3cc(C=O)cc(OC)c3O[C@@H]2[C@H]1O. The van der Waals surface area contributed by atoms with Gasteiger partial charge < -0.3 is 39.4 Å². The summed E-state index contributed by atoms with van der Waals surface area (Å²) in [5.41, 5.74) is 1.81. The van der Waals surface area contributed by atoms with Crippen LogP contribution in [0.1, 0.15) is 40.7 Å². The average molecular weight is 565 g/mol. The molecule has 4 atom stereocenters. The third kappa shape index (κ3) is 5.38. The van der Waals surface area contributed by atoms with E-state index >= 15 is 0 Å². The number of amides is 2. The molecule has 0 saturated heterocycles. The first kappa shape index (κ1) is 28.2. The van der Waals surface area contributed by atoms with Crippen molar-refractivity contribution in [1.29, 1.82) is 0 Å². The van der Waals surface area contributed by atoms with E-state index < -0.39 is 30.1 Å². The van der Waals surface area contributed by atoms with Gasteiger partial charge >= 0.3 is 0 Å². The predicted molar refractivity (Wildman–Crippen MR) is 146 cm³/mol. The predicted octanol–water partition coefficient (Wildman–Crippen LogP) is 1.85. The Morgan fingerprint density at radius 3 is 2.73 bits per heavy atom. The van der Waals surface area contributed by atoms with Gasteiger partial charge in [0, 0.05) is 29.8 Å². The molecule has 11 heteroatoms. The maximum absolute atomic E-state index is 13.5. The molecule has 0 radical (unpaired) electrons. The number of aldehydes is 1. The lowest BCUT2D eigenvalue weighted by atomic mass is 9.77. The van der Waals surface area contributed by atoms with Gasteiger partial charge in [-0.25, -0.2) is 0 Å². The van der Waals surface area contributed by atoms with Gasteiger partial charge in [-0.3, -0.25) is 14.4 Å². The van der Waals surface area contributed by atoms with Crippen LogP contribution in [0.25, 0.3) is 0 Å². The molecule has 5 rings (SSSR count). The zero-order valence-electron chi connectivity index (χ0n) is 22.7. The molecule has 3 N–H and O–H groups in total. The Labute approximate surface area is 236 Å². The minimum Gasteiger partial charge on any atom is -0.493 e. The Bertz CT molecular complexity index is 1400. The van der Waals surface area contributed by atoms with E-state index in [-0.39, 0.29) is 43.7 Å². The van der Waals surface area contributed by atoms with Gasteiger partial charge in [0.25, 0.3) is 0 Å². The quantitative estimate of drug-likeness (QED) is 0.291. The van der Waals surface area contributed by atoms with Gasteiger partial charge in [-0.2, -0.15) is 0 Å². The Morgan fingerprint density at radius 1 is 1.20 bits per heavy atom. The molecule has 2 aromatic carbocycles. The lowest BCUT2D eigenvalue weighted by Gasteiger charge is -2.40. The highest BCUT2D eigenvalue weighted by molar-refractivity contribution is 5.97. The number of ether oxygens (including phenoxy) is 4. The second kappa shape index (κ2) is 12.0. The summed E-state index contributed by atoms with van der Waals surface area (Å²) < 4.78 is 22.6. The topological polar surface area (TPSA) is 144 Å². The van der Waals surface area contributed by atoms with Crippen molar-refractivity contribution in [2.24, 2.45) is 0 Å². The lowest BCUT2D eigenvalue weighted by molar-refractivity contribution is -0.133. The number of rotatable bonds is 10. The fraction of sp³-hybridized carbons (Fsp3) is 0.367. The zero-order chi connectivity index (χ0) is 29.1. The number of hydrogen-bond donors (Lipinski definition) is 3. The third-order valence-electron chi connectivity index (χ3n) is 7.34. The van der Waals surface area contributed by atoms with Crippen LogP contribution < -0.4 is 24.3 Å². The number of carbonyl (C=O) groups is 3. The molecule has 0 unspecified atom stereocenters.